The van der Waals surface area contributed by atoms with Crippen LogP contribution in [0.5, 0.6) is 0 Å². The van der Waals surface area contributed by atoms with Crippen molar-refractivity contribution < 1.29 is 18.9 Å². The van der Waals surface area contributed by atoms with Gasteiger partial charge in [-0.05, 0) is 6.08 Å². The van der Waals surface area contributed by atoms with Gasteiger partial charge in [0.05, 0.1) is 26.1 Å². The molecule has 4 heteroatoms. The zero-order valence-corrected chi connectivity index (χ0v) is 8.19. The smallest absolute Gasteiger partial charge is 0.177 e. The molecule has 1 heterocycles. The lowest BCUT2D eigenvalue weighted by atomic mass is 10.4. The van der Waals surface area contributed by atoms with Gasteiger partial charge in [-0.25, -0.2) is 0 Å². The zero-order chi connectivity index (χ0) is 10.2. The van der Waals surface area contributed by atoms with Gasteiger partial charge in [0.15, 0.2) is 6.29 Å². The maximum Gasteiger partial charge on any atom is 0.177 e. The molecule has 0 bridgehead atoms. The van der Waals surface area contributed by atoms with E-state index >= 15 is 0 Å². The summed E-state index contributed by atoms with van der Waals surface area (Å²) >= 11 is 0. The first-order valence-corrected chi connectivity index (χ1v) is 4.56. The van der Waals surface area contributed by atoms with Crippen LogP contribution in [0, 0.1) is 0 Å². The summed E-state index contributed by atoms with van der Waals surface area (Å²) in [6.07, 6.45) is 2.74. The highest BCUT2D eigenvalue weighted by Gasteiger charge is 2.23. The van der Waals surface area contributed by atoms with Gasteiger partial charge in [-0.2, -0.15) is 0 Å². The Labute approximate surface area is 84.1 Å². The largest absolute Gasteiger partial charge is 0.499 e. The number of rotatable bonds is 7. The fourth-order valence-electron chi connectivity index (χ4n) is 1.09. The van der Waals surface area contributed by atoms with E-state index in [4.69, 9.17) is 18.9 Å². The normalized spacial score (nSPS) is 26.0. The van der Waals surface area contributed by atoms with Crippen molar-refractivity contribution in [3.05, 3.63) is 25.5 Å². The molecule has 4 nitrogen and oxygen atoms in total. The minimum absolute atomic E-state index is 0.00160. The molecule has 1 aliphatic rings. The predicted octanol–water partition coefficient (Wildman–Crippen LogP) is 1.09. The first-order valence-electron chi connectivity index (χ1n) is 4.56. The third kappa shape index (κ3) is 3.91. The predicted molar refractivity (Wildman–Crippen MR) is 51.8 cm³/mol. The Kier molecular flexibility index (Phi) is 5.29. The molecule has 2 atom stereocenters. The number of ether oxygens (including phenoxy) is 4. The standard InChI is InChI=1S/C10H16O4/c1-3-10-13-8-9(14-10)7-12-6-5-11-4-2/h3-4,9-10H,1-2,5-8H2. The zero-order valence-electron chi connectivity index (χ0n) is 8.19. The lowest BCUT2D eigenvalue weighted by Crippen LogP contribution is -2.19. The molecule has 0 spiro atoms. The second-order valence-corrected chi connectivity index (χ2v) is 2.81. The van der Waals surface area contributed by atoms with Gasteiger partial charge in [-0.1, -0.05) is 13.2 Å². The quantitative estimate of drug-likeness (QED) is 0.350. The monoisotopic (exact) mass is 200 g/mol. The molecule has 0 aromatic carbocycles. The van der Waals surface area contributed by atoms with Gasteiger partial charge < -0.3 is 18.9 Å². The lowest BCUT2D eigenvalue weighted by molar-refractivity contribution is -0.0428. The fourth-order valence-corrected chi connectivity index (χ4v) is 1.09. The van der Waals surface area contributed by atoms with Crippen LogP contribution in [0.25, 0.3) is 0 Å². The van der Waals surface area contributed by atoms with Gasteiger partial charge in [0.1, 0.15) is 12.7 Å². The summed E-state index contributed by atoms with van der Waals surface area (Å²) in [5.41, 5.74) is 0. The Morgan fingerprint density at radius 3 is 2.86 bits per heavy atom. The molecular formula is C10H16O4. The fraction of sp³-hybridized carbons (Fsp3) is 0.600. The van der Waals surface area contributed by atoms with E-state index in [9.17, 15) is 0 Å². The van der Waals surface area contributed by atoms with Crippen LogP contribution < -0.4 is 0 Å². The summed E-state index contributed by atoms with van der Waals surface area (Å²) in [5.74, 6) is 0. The Morgan fingerprint density at radius 1 is 1.36 bits per heavy atom. The Balaban J connectivity index is 1.97. The third-order valence-corrected chi connectivity index (χ3v) is 1.73. The van der Waals surface area contributed by atoms with Crippen molar-refractivity contribution in [2.24, 2.45) is 0 Å². The van der Waals surface area contributed by atoms with Crippen molar-refractivity contribution >= 4 is 0 Å². The average molecular weight is 200 g/mol. The molecule has 0 aromatic rings. The van der Waals surface area contributed by atoms with Gasteiger partial charge >= 0.3 is 0 Å². The second kappa shape index (κ2) is 6.59. The van der Waals surface area contributed by atoms with Crippen LogP contribution in [-0.4, -0.2) is 38.8 Å². The Hall–Kier alpha value is -0.840. The molecule has 0 aliphatic carbocycles. The number of hydrogen-bond donors (Lipinski definition) is 0. The second-order valence-electron chi connectivity index (χ2n) is 2.81. The van der Waals surface area contributed by atoms with Crippen LogP contribution in [0.4, 0.5) is 0 Å². The maximum absolute atomic E-state index is 5.39. The minimum Gasteiger partial charge on any atom is -0.499 e. The van der Waals surface area contributed by atoms with Gasteiger partial charge in [-0.3, -0.25) is 0 Å². The van der Waals surface area contributed by atoms with Crippen molar-refractivity contribution in [1.29, 1.82) is 0 Å². The van der Waals surface area contributed by atoms with Gasteiger partial charge in [-0.15, -0.1) is 0 Å². The summed E-state index contributed by atoms with van der Waals surface area (Å²) in [5, 5.41) is 0. The molecule has 1 saturated heterocycles. The van der Waals surface area contributed by atoms with E-state index in [0.29, 0.717) is 26.4 Å². The summed E-state index contributed by atoms with van der Waals surface area (Å²) in [6, 6.07) is 0. The van der Waals surface area contributed by atoms with Gasteiger partial charge in [0.25, 0.3) is 0 Å². The molecule has 1 fully saturated rings. The highest BCUT2D eigenvalue weighted by Crippen LogP contribution is 2.11. The summed E-state index contributed by atoms with van der Waals surface area (Å²) < 4.78 is 20.8. The Morgan fingerprint density at radius 2 is 2.21 bits per heavy atom. The molecule has 0 amide bonds. The molecule has 0 aromatic heterocycles. The van der Waals surface area contributed by atoms with Crippen molar-refractivity contribution in [2.45, 2.75) is 12.4 Å². The van der Waals surface area contributed by atoms with Crippen LogP contribution >= 0.6 is 0 Å². The van der Waals surface area contributed by atoms with Crippen molar-refractivity contribution in [3.63, 3.8) is 0 Å². The third-order valence-electron chi connectivity index (χ3n) is 1.73. The molecule has 1 rings (SSSR count). The van der Waals surface area contributed by atoms with E-state index in [1.54, 1.807) is 6.08 Å². The van der Waals surface area contributed by atoms with E-state index in [2.05, 4.69) is 13.2 Å². The van der Waals surface area contributed by atoms with Gasteiger partial charge in [0.2, 0.25) is 0 Å². The van der Waals surface area contributed by atoms with Gasteiger partial charge in [0, 0.05) is 0 Å². The van der Waals surface area contributed by atoms with Crippen molar-refractivity contribution in [2.75, 3.05) is 26.4 Å². The molecule has 1 aliphatic heterocycles. The average Bonchev–Trinajstić information content (AvgIpc) is 2.65. The molecule has 0 N–H and O–H groups in total. The SMILES string of the molecule is C=COCCOCC1COC(C=C)O1. The first-order chi connectivity index (χ1) is 6.86. The minimum atomic E-state index is -0.284. The first kappa shape index (κ1) is 11.2. The van der Waals surface area contributed by atoms with E-state index < -0.39 is 0 Å². The molecule has 80 valence electrons. The highest BCUT2D eigenvalue weighted by molar-refractivity contribution is 4.78. The Bertz CT molecular complexity index is 181. The molecule has 14 heavy (non-hydrogen) atoms. The van der Waals surface area contributed by atoms with Crippen molar-refractivity contribution in [1.82, 2.24) is 0 Å². The number of hydrogen-bond acceptors (Lipinski definition) is 4. The molecule has 0 saturated carbocycles. The van der Waals surface area contributed by atoms with Crippen LogP contribution in [-0.2, 0) is 18.9 Å². The summed E-state index contributed by atoms with van der Waals surface area (Å²) in [6.45, 7) is 9.12. The maximum atomic E-state index is 5.39. The molecule has 2 unspecified atom stereocenters. The van der Waals surface area contributed by atoms with Crippen LogP contribution in [0.3, 0.4) is 0 Å². The topological polar surface area (TPSA) is 36.9 Å². The van der Waals surface area contributed by atoms with E-state index in [-0.39, 0.29) is 12.4 Å². The van der Waals surface area contributed by atoms with E-state index in [0.717, 1.165) is 0 Å². The van der Waals surface area contributed by atoms with E-state index in [1.165, 1.54) is 6.26 Å². The lowest BCUT2D eigenvalue weighted by Gasteiger charge is -2.09. The van der Waals surface area contributed by atoms with Crippen LogP contribution in [0.15, 0.2) is 25.5 Å². The molecule has 0 radical (unpaired) electrons. The molecular weight excluding hydrogens is 184 g/mol. The van der Waals surface area contributed by atoms with Crippen LogP contribution in [0.1, 0.15) is 0 Å². The van der Waals surface area contributed by atoms with Crippen molar-refractivity contribution in [3.8, 4) is 0 Å². The summed E-state index contributed by atoms with van der Waals surface area (Å²) in [4.78, 5) is 0. The highest BCUT2D eigenvalue weighted by atomic mass is 16.7. The summed E-state index contributed by atoms with van der Waals surface area (Å²) in [7, 11) is 0. The van der Waals surface area contributed by atoms with E-state index in [1.807, 2.05) is 0 Å². The van der Waals surface area contributed by atoms with Crippen LogP contribution in [0.2, 0.25) is 0 Å².